The molecule has 0 bridgehead atoms. The number of hydrogen-bond acceptors (Lipinski definition) is 4. The molecule has 3 aliphatic rings. The van der Waals surface area contributed by atoms with Crippen LogP contribution in [0.1, 0.15) is 177 Å². The molecular formula is C42H84F6N3O4S2+3. The van der Waals surface area contributed by atoms with Crippen LogP contribution in [0.15, 0.2) is 0 Å². The van der Waals surface area contributed by atoms with Gasteiger partial charge in [0, 0.05) is 25.7 Å². The predicted molar refractivity (Wildman–Crippen MR) is 222 cm³/mol. The summed E-state index contributed by atoms with van der Waals surface area (Å²) in [4.78, 5) is 1.88. The number of unbranched alkanes of at least 4 members (excludes halogenated alkanes) is 5. The first-order valence-electron chi connectivity index (χ1n) is 22.8. The number of halogens is 6. The van der Waals surface area contributed by atoms with Gasteiger partial charge in [-0.1, -0.05) is 80.1 Å². The molecule has 3 heterocycles. The van der Waals surface area contributed by atoms with E-state index in [0.29, 0.717) is 25.9 Å². The molecule has 0 spiro atoms. The first-order valence-corrected chi connectivity index (χ1v) is 25.7. The normalized spacial score (nSPS) is 21.1. The van der Waals surface area contributed by atoms with Crippen LogP contribution in [-0.4, -0.2) is 113 Å². The molecule has 0 unspecified atom stereocenters. The molecule has 7 nitrogen and oxygen atoms in total. The van der Waals surface area contributed by atoms with E-state index < -0.39 is 47.6 Å². The first kappa shape index (κ1) is 54.4. The number of piperidine rings is 3. The lowest BCUT2D eigenvalue weighted by Gasteiger charge is -2.47. The lowest BCUT2D eigenvalue weighted by molar-refractivity contribution is -0.932. The van der Waals surface area contributed by atoms with Crippen LogP contribution < -0.4 is 4.90 Å². The van der Waals surface area contributed by atoms with E-state index in [1.165, 1.54) is 153 Å². The summed E-state index contributed by atoms with van der Waals surface area (Å²) in [6.07, 6.45) is 21.8. The molecule has 0 atom stereocenters. The Labute approximate surface area is 345 Å². The summed E-state index contributed by atoms with van der Waals surface area (Å²) >= 11 is 0. The molecular weight excluding hydrogens is 789 g/mol. The zero-order chi connectivity index (χ0) is 43.5. The van der Waals surface area contributed by atoms with Crippen LogP contribution in [0.4, 0.5) is 26.3 Å². The highest BCUT2D eigenvalue weighted by molar-refractivity contribution is 8.11. The Hall–Kier alpha value is -0.640. The van der Waals surface area contributed by atoms with Crippen molar-refractivity contribution in [2.24, 2.45) is 5.41 Å². The number of nitrogens with one attached hydrogen (secondary N) is 1. The second-order valence-electron chi connectivity index (χ2n) is 17.7. The van der Waals surface area contributed by atoms with Gasteiger partial charge >= 0.3 is 11.0 Å². The fourth-order valence-electron chi connectivity index (χ4n) is 10.1. The number of nitrogens with zero attached hydrogens (tertiary/aromatic N) is 2. The van der Waals surface area contributed by atoms with Crippen molar-refractivity contribution in [2.45, 2.75) is 192 Å². The Morgan fingerprint density at radius 2 is 0.965 bits per heavy atom. The van der Waals surface area contributed by atoms with Crippen LogP contribution >= 0.6 is 0 Å². The van der Waals surface area contributed by atoms with Crippen molar-refractivity contribution in [2.75, 3.05) is 72.0 Å². The van der Waals surface area contributed by atoms with Crippen LogP contribution in [0.3, 0.4) is 0 Å². The molecule has 0 radical (unpaired) electrons. The maximum absolute atomic E-state index is 13.0. The summed E-state index contributed by atoms with van der Waals surface area (Å²) in [5, 5.41) is 0. The van der Waals surface area contributed by atoms with Crippen molar-refractivity contribution in [3.63, 3.8) is 0 Å². The molecule has 0 aromatic rings. The van der Waals surface area contributed by atoms with E-state index in [4.69, 9.17) is 0 Å². The average Bonchev–Trinajstić information content (AvgIpc) is 3.15. The van der Waals surface area contributed by atoms with E-state index in [2.05, 4.69) is 34.6 Å². The summed E-state index contributed by atoms with van der Waals surface area (Å²) < 4.78 is 124. The summed E-state index contributed by atoms with van der Waals surface area (Å²) in [6.45, 7) is 25.4. The van der Waals surface area contributed by atoms with Gasteiger partial charge in [0.2, 0.25) is 4.08 Å². The Kier molecular flexibility index (Phi) is 23.6. The number of rotatable bonds is 20. The summed E-state index contributed by atoms with van der Waals surface area (Å²) in [6, 6.07) is 0. The fourth-order valence-corrected chi connectivity index (χ4v) is 14.1. The van der Waals surface area contributed by atoms with E-state index in [0.717, 1.165) is 5.41 Å². The molecule has 57 heavy (non-hydrogen) atoms. The van der Waals surface area contributed by atoms with Gasteiger partial charge in [0.25, 0.3) is 19.7 Å². The monoisotopic (exact) mass is 873 g/mol. The second-order valence-corrected chi connectivity index (χ2v) is 22.5. The molecule has 0 aliphatic carbocycles. The molecule has 3 saturated heterocycles. The molecule has 3 aliphatic heterocycles. The van der Waals surface area contributed by atoms with Gasteiger partial charge in [-0.25, -0.2) is 16.8 Å². The van der Waals surface area contributed by atoms with Crippen LogP contribution in [0.2, 0.25) is 0 Å². The third-order valence-electron chi connectivity index (χ3n) is 13.6. The van der Waals surface area contributed by atoms with Gasteiger partial charge in [0.15, 0.2) is 0 Å². The zero-order valence-electron chi connectivity index (χ0n) is 37.0. The first-order chi connectivity index (χ1) is 26.6. The summed E-state index contributed by atoms with van der Waals surface area (Å²) in [7, 11) is -13.2. The highest BCUT2D eigenvalue weighted by Crippen LogP contribution is 2.50. The van der Waals surface area contributed by atoms with Crippen LogP contribution in [0.25, 0.3) is 0 Å². The lowest BCUT2D eigenvalue weighted by atomic mass is 9.72. The molecule has 342 valence electrons. The van der Waals surface area contributed by atoms with Crippen molar-refractivity contribution in [3.05, 3.63) is 0 Å². The second kappa shape index (κ2) is 24.7. The molecule has 0 saturated carbocycles. The quantitative estimate of drug-likeness (QED) is 0.0752. The molecule has 0 aromatic heterocycles. The van der Waals surface area contributed by atoms with E-state index >= 15 is 0 Å². The third kappa shape index (κ3) is 15.0. The molecule has 0 aromatic carbocycles. The van der Waals surface area contributed by atoms with Gasteiger partial charge in [0.1, 0.15) is 0 Å². The van der Waals surface area contributed by atoms with Gasteiger partial charge < -0.3 is 13.9 Å². The van der Waals surface area contributed by atoms with E-state index in [-0.39, 0.29) is 17.6 Å². The maximum Gasteiger partial charge on any atom is 0.498 e. The van der Waals surface area contributed by atoms with Crippen molar-refractivity contribution in [1.29, 1.82) is 0 Å². The SMILES string of the molecule is CCCCCCC[N+]1(CC)CCCCC1.CCCC[NH+]1CCC(CCC)(CCC)CC1.CCC[N+]1(CCC)CCC(S(=O)(=O)C(F)(F)F)(S(=O)(=O)C(F)(F)F)CC1. The molecule has 3 rings (SSSR count). The maximum atomic E-state index is 13.0. The van der Waals surface area contributed by atoms with Gasteiger partial charge in [-0.2, -0.15) is 26.3 Å². The fraction of sp³-hybridized carbons (Fsp3) is 1.00. The largest absolute Gasteiger partial charge is 0.498 e. The van der Waals surface area contributed by atoms with E-state index in [1.54, 1.807) is 13.8 Å². The molecule has 3 fully saturated rings. The number of alkyl halides is 6. The summed E-state index contributed by atoms with van der Waals surface area (Å²) in [5.74, 6) is 0. The van der Waals surface area contributed by atoms with Crippen LogP contribution in [0, 0.1) is 5.41 Å². The number of sulfone groups is 2. The molecule has 1 N–H and O–H groups in total. The van der Waals surface area contributed by atoms with Crippen molar-refractivity contribution in [1.82, 2.24) is 0 Å². The van der Waals surface area contributed by atoms with E-state index in [1.807, 2.05) is 4.90 Å². The minimum Gasteiger partial charge on any atom is -0.335 e. The molecule has 0 amide bonds. The minimum atomic E-state index is -6.60. The zero-order valence-corrected chi connectivity index (χ0v) is 38.7. The standard InChI is InChI=1S/C15H31N.C14H30N.C13H22F6NO4S2/c1-4-7-12-16-13-10-15(8-5-2,9-6-3)11-14-16;1-3-5-6-7-9-12-15(4-2)13-10-8-11-14-15;1-3-7-20(8-4-2)9-5-11(6-10-20,25(21,22)12(14,15)16)26(23,24)13(17,18)19/h4-14H2,1-3H3;3-14H2,1-2H3;3-10H2,1-2H3/q;2*+1/p+1. The predicted octanol–water partition coefficient (Wildman–Crippen LogP) is 10.0. The Bertz CT molecular complexity index is 1240. The van der Waals surface area contributed by atoms with Crippen molar-refractivity contribution in [3.8, 4) is 0 Å². The third-order valence-corrected chi connectivity index (χ3v) is 18.9. The van der Waals surface area contributed by atoms with Crippen molar-refractivity contribution >= 4 is 19.7 Å². The summed E-state index contributed by atoms with van der Waals surface area (Å²) in [5.41, 5.74) is -11.5. The smallest absolute Gasteiger partial charge is 0.335 e. The number of likely N-dealkylation sites (tertiary alicyclic amines) is 3. The highest BCUT2D eigenvalue weighted by atomic mass is 32.3. The van der Waals surface area contributed by atoms with Crippen LogP contribution in [-0.2, 0) is 19.7 Å². The average molecular weight is 873 g/mol. The van der Waals surface area contributed by atoms with Crippen molar-refractivity contribution < 1.29 is 57.0 Å². The lowest BCUT2D eigenvalue weighted by Crippen LogP contribution is -3.13. The van der Waals surface area contributed by atoms with Gasteiger partial charge in [0.05, 0.1) is 72.0 Å². The highest BCUT2D eigenvalue weighted by Gasteiger charge is 2.74. The topological polar surface area (TPSA) is 72.7 Å². The Morgan fingerprint density at radius 3 is 1.35 bits per heavy atom. The Morgan fingerprint density at radius 1 is 0.509 bits per heavy atom. The van der Waals surface area contributed by atoms with Gasteiger partial charge in [-0.15, -0.1) is 0 Å². The Balaban J connectivity index is 0.000000452. The van der Waals surface area contributed by atoms with E-state index in [9.17, 15) is 43.2 Å². The van der Waals surface area contributed by atoms with Gasteiger partial charge in [-0.3, -0.25) is 0 Å². The minimum absolute atomic E-state index is 0.107. The van der Waals surface area contributed by atoms with Gasteiger partial charge in [-0.05, 0) is 76.5 Å². The number of quaternary nitrogens is 3. The number of hydrogen-bond donors (Lipinski definition) is 1. The van der Waals surface area contributed by atoms with Crippen LogP contribution in [0.5, 0.6) is 0 Å². The molecule has 15 heteroatoms.